The molecule has 96 valence electrons. The number of rotatable bonds is 4. The fourth-order valence-electron chi connectivity index (χ4n) is 3.05. The van der Waals surface area contributed by atoms with E-state index in [0.29, 0.717) is 18.6 Å². The van der Waals surface area contributed by atoms with Gasteiger partial charge in [-0.25, -0.2) is 0 Å². The average molecular weight is 235 g/mol. The van der Waals surface area contributed by atoms with Crippen molar-refractivity contribution in [3.8, 4) is 0 Å². The van der Waals surface area contributed by atoms with Crippen LogP contribution in [0.15, 0.2) is 23.8 Å². The van der Waals surface area contributed by atoms with Crippen molar-refractivity contribution >= 4 is 0 Å². The van der Waals surface area contributed by atoms with Gasteiger partial charge in [0, 0.05) is 12.6 Å². The Morgan fingerprint density at radius 1 is 1.53 bits per heavy atom. The second-order valence-corrected chi connectivity index (χ2v) is 5.63. The molecule has 2 aliphatic rings. The van der Waals surface area contributed by atoms with Crippen LogP contribution in [0.3, 0.4) is 0 Å². The summed E-state index contributed by atoms with van der Waals surface area (Å²) in [7, 11) is 0. The van der Waals surface area contributed by atoms with Gasteiger partial charge >= 0.3 is 0 Å². The van der Waals surface area contributed by atoms with Crippen LogP contribution >= 0.6 is 0 Å². The van der Waals surface area contributed by atoms with Gasteiger partial charge in [-0.2, -0.15) is 0 Å². The molecule has 1 N–H and O–H groups in total. The highest BCUT2D eigenvalue weighted by Gasteiger charge is 2.25. The number of likely N-dealkylation sites (tertiary alicyclic amines) is 1. The Morgan fingerprint density at radius 3 is 2.94 bits per heavy atom. The number of hydrogen-bond acceptors (Lipinski definition) is 2. The first-order chi connectivity index (χ1) is 8.20. The van der Waals surface area contributed by atoms with Crippen molar-refractivity contribution in [2.24, 2.45) is 5.92 Å². The Kier molecular flexibility index (Phi) is 4.41. The first-order valence-electron chi connectivity index (χ1n) is 6.89. The highest BCUT2D eigenvalue weighted by molar-refractivity contribution is 5.14. The first kappa shape index (κ1) is 12.8. The van der Waals surface area contributed by atoms with E-state index < -0.39 is 0 Å². The summed E-state index contributed by atoms with van der Waals surface area (Å²) in [6, 6.07) is 0.412. The lowest BCUT2D eigenvalue weighted by Crippen LogP contribution is -2.34. The van der Waals surface area contributed by atoms with Gasteiger partial charge < -0.3 is 5.11 Å². The van der Waals surface area contributed by atoms with Gasteiger partial charge in [0.2, 0.25) is 0 Å². The number of nitrogens with zero attached hydrogens (tertiary/aromatic N) is 1. The second kappa shape index (κ2) is 5.83. The van der Waals surface area contributed by atoms with E-state index >= 15 is 0 Å². The predicted molar refractivity (Wildman–Crippen MR) is 71.9 cm³/mol. The van der Waals surface area contributed by atoms with Gasteiger partial charge in [0.1, 0.15) is 0 Å². The second-order valence-electron chi connectivity index (χ2n) is 5.63. The monoisotopic (exact) mass is 235 g/mol. The summed E-state index contributed by atoms with van der Waals surface area (Å²) >= 11 is 0. The highest BCUT2D eigenvalue weighted by Crippen LogP contribution is 2.29. The van der Waals surface area contributed by atoms with Gasteiger partial charge in [0.25, 0.3) is 0 Å². The van der Waals surface area contributed by atoms with Crippen LogP contribution < -0.4 is 0 Å². The zero-order valence-corrected chi connectivity index (χ0v) is 11.0. The molecule has 0 aromatic carbocycles. The number of aliphatic hydroxyl groups excluding tert-OH is 1. The molecule has 2 nitrogen and oxygen atoms in total. The molecule has 0 aromatic rings. The maximum atomic E-state index is 9.31. The fraction of sp³-hybridized carbons (Fsp3) is 0.733. The van der Waals surface area contributed by atoms with E-state index in [9.17, 15) is 5.11 Å². The van der Waals surface area contributed by atoms with Gasteiger partial charge in [-0.05, 0) is 51.5 Å². The van der Waals surface area contributed by atoms with E-state index in [1.165, 1.54) is 31.3 Å². The minimum absolute atomic E-state index is 0.321. The van der Waals surface area contributed by atoms with E-state index in [1.807, 2.05) is 0 Å². The molecule has 1 fully saturated rings. The van der Waals surface area contributed by atoms with Crippen molar-refractivity contribution in [3.05, 3.63) is 23.8 Å². The molecule has 2 rings (SSSR count). The predicted octanol–water partition coefficient (Wildman–Crippen LogP) is 2.75. The molecule has 17 heavy (non-hydrogen) atoms. The number of aliphatic hydroxyl groups is 1. The topological polar surface area (TPSA) is 23.5 Å². The number of allylic oxidation sites excluding steroid dienone is 2. The van der Waals surface area contributed by atoms with Gasteiger partial charge in [-0.1, -0.05) is 23.8 Å². The maximum Gasteiger partial charge on any atom is 0.0587 e. The molecule has 2 heteroatoms. The highest BCUT2D eigenvalue weighted by atomic mass is 16.3. The van der Waals surface area contributed by atoms with Crippen LogP contribution in [-0.4, -0.2) is 35.7 Å². The molecule has 0 spiro atoms. The molecule has 1 heterocycles. The van der Waals surface area contributed by atoms with E-state index in [4.69, 9.17) is 0 Å². The molecule has 0 aromatic heterocycles. The average Bonchev–Trinajstić information content (AvgIpc) is 2.77. The van der Waals surface area contributed by atoms with Crippen LogP contribution in [0.2, 0.25) is 0 Å². The molecule has 2 atom stereocenters. The van der Waals surface area contributed by atoms with E-state index in [2.05, 4.69) is 24.5 Å². The molecule has 2 unspecified atom stereocenters. The van der Waals surface area contributed by atoms with Crippen LogP contribution in [0, 0.1) is 5.92 Å². The first-order valence-corrected chi connectivity index (χ1v) is 6.89. The van der Waals surface area contributed by atoms with Crippen LogP contribution in [0.1, 0.15) is 39.0 Å². The molecule has 0 saturated carbocycles. The summed E-state index contributed by atoms with van der Waals surface area (Å²) in [5.74, 6) is 0.700. The van der Waals surface area contributed by atoms with E-state index in [1.54, 1.807) is 5.57 Å². The molecule has 0 radical (unpaired) electrons. The van der Waals surface area contributed by atoms with Crippen LogP contribution in [-0.2, 0) is 0 Å². The normalized spacial score (nSPS) is 30.4. The van der Waals surface area contributed by atoms with Crippen molar-refractivity contribution in [1.29, 1.82) is 0 Å². The largest absolute Gasteiger partial charge is 0.395 e. The summed E-state index contributed by atoms with van der Waals surface area (Å²) in [6.45, 7) is 8.76. The third-order valence-electron chi connectivity index (χ3n) is 4.32. The maximum absolute atomic E-state index is 9.31. The van der Waals surface area contributed by atoms with Gasteiger partial charge in [0.15, 0.2) is 0 Å². The Labute approximate surface area is 105 Å². The fourth-order valence-corrected chi connectivity index (χ4v) is 3.05. The SMILES string of the molecule is C=C(C)C1CC=C(CN2CCCC2CO)CC1. The Morgan fingerprint density at radius 2 is 2.35 bits per heavy atom. The zero-order valence-electron chi connectivity index (χ0n) is 11.0. The lowest BCUT2D eigenvalue weighted by atomic mass is 9.85. The zero-order chi connectivity index (χ0) is 12.3. The minimum atomic E-state index is 0.321. The van der Waals surface area contributed by atoms with Crippen LogP contribution in [0.5, 0.6) is 0 Å². The Hall–Kier alpha value is -0.600. The third-order valence-corrected chi connectivity index (χ3v) is 4.32. The lowest BCUT2D eigenvalue weighted by molar-refractivity contribution is 0.166. The van der Waals surface area contributed by atoms with E-state index in [-0.39, 0.29) is 0 Å². The molecular weight excluding hydrogens is 210 g/mol. The summed E-state index contributed by atoms with van der Waals surface area (Å²) in [6.07, 6.45) is 8.47. The summed E-state index contributed by atoms with van der Waals surface area (Å²) in [5, 5.41) is 9.31. The van der Waals surface area contributed by atoms with Crippen molar-refractivity contribution in [2.45, 2.75) is 45.1 Å². The summed E-state index contributed by atoms with van der Waals surface area (Å²) in [4.78, 5) is 2.45. The standard InChI is InChI=1S/C15H25NO/c1-12(2)14-7-5-13(6-8-14)10-16-9-3-4-15(16)11-17/h5,14-15,17H,1,3-4,6-11H2,2H3. The van der Waals surface area contributed by atoms with Crippen molar-refractivity contribution in [2.75, 3.05) is 19.7 Å². The van der Waals surface area contributed by atoms with Gasteiger partial charge in [-0.15, -0.1) is 0 Å². The molecule has 1 aliphatic carbocycles. The summed E-state index contributed by atoms with van der Waals surface area (Å²) in [5.41, 5.74) is 2.90. The van der Waals surface area contributed by atoms with Crippen molar-refractivity contribution in [1.82, 2.24) is 4.90 Å². The van der Waals surface area contributed by atoms with Crippen LogP contribution in [0.25, 0.3) is 0 Å². The molecule has 1 aliphatic heterocycles. The van der Waals surface area contributed by atoms with Gasteiger partial charge in [-0.3, -0.25) is 4.90 Å². The molecule has 0 bridgehead atoms. The molecular formula is C15H25NO. The lowest BCUT2D eigenvalue weighted by Gasteiger charge is -2.28. The minimum Gasteiger partial charge on any atom is -0.395 e. The Balaban J connectivity index is 1.86. The molecule has 0 amide bonds. The summed E-state index contributed by atoms with van der Waals surface area (Å²) < 4.78 is 0. The van der Waals surface area contributed by atoms with Crippen molar-refractivity contribution in [3.63, 3.8) is 0 Å². The Bertz CT molecular complexity index is 308. The van der Waals surface area contributed by atoms with Crippen LogP contribution in [0.4, 0.5) is 0 Å². The third kappa shape index (κ3) is 3.20. The number of hydrogen-bond donors (Lipinski definition) is 1. The van der Waals surface area contributed by atoms with Crippen molar-refractivity contribution < 1.29 is 5.11 Å². The molecule has 1 saturated heterocycles. The quantitative estimate of drug-likeness (QED) is 0.757. The smallest absolute Gasteiger partial charge is 0.0587 e. The van der Waals surface area contributed by atoms with Gasteiger partial charge in [0.05, 0.1) is 6.61 Å². The van der Waals surface area contributed by atoms with E-state index in [0.717, 1.165) is 19.5 Å².